The average molecular weight is 330 g/mol. The number of hydrogen-bond donors (Lipinski definition) is 2. The number of nitrogens with zero attached hydrogens (tertiary/aromatic N) is 2. The Labute approximate surface area is 143 Å². The molecule has 2 aliphatic carbocycles. The van der Waals surface area contributed by atoms with E-state index in [1.54, 1.807) is 0 Å². The summed E-state index contributed by atoms with van der Waals surface area (Å²) in [4.78, 5) is 23.4. The topological polar surface area (TPSA) is 82.9 Å². The number of hydrogen-bond acceptors (Lipinski definition) is 4. The molecule has 0 aliphatic heterocycles. The van der Waals surface area contributed by atoms with Gasteiger partial charge in [-0.3, -0.25) is 9.59 Å². The number of hydrazone groups is 2. The van der Waals surface area contributed by atoms with Crippen LogP contribution < -0.4 is 10.9 Å². The van der Waals surface area contributed by atoms with E-state index in [1.165, 1.54) is 11.1 Å². The maximum Gasteiger partial charge on any atom is 0.240 e. The van der Waals surface area contributed by atoms with E-state index in [-0.39, 0.29) is 11.8 Å². The molecule has 0 aromatic rings. The summed E-state index contributed by atoms with van der Waals surface area (Å²) in [5, 5.41) is 8.21. The predicted octanol–water partition coefficient (Wildman–Crippen LogP) is 2.97. The van der Waals surface area contributed by atoms with Crippen LogP contribution in [-0.4, -0.2) is 23.2 Å². The van der Waals surface area contributed by atoms with E-state index >= 15 is 0 Å². The van der Waals surface area contributed by atoms with Crippen LogP contribution in [0.25, 0.3) is 0 Å². The minimum atomic E-state index is -0.104. The molecule has 24 heavy (non-hydrogen) atoms. The first-order valence-corrected chi connectivity index (χ1v) is 8.58. The van der Waals surface area contributed by atoms with Crippen molar-refractivity contribution in [1.29, 1.82) is 0 Å². The smallest absolute Gasteiger partial charge is 0.240 e. The molecule has 2 N–H and O–H groups in total. The second-order valence-electron chi connectivity index (χ2n) is 6.46. The number of unbranched alkanes of at least 4 members (excludes halogenated alkanes) is 1. The van der Waals surface area contributed by atoms with Crippen LogP contribution in [0.1, 0.15) is 65.2 Å². The number of allylic oxidation sites excluding steroid dienone is 4. The number of carbonyl (C=O) groups is 2. The van der Waals surface area contributed by atoms with Crippen molar-refractivity contribution in [2.45, 2.75) is 65.2 Å². The molecule has 2 aliphatic rings. The Morgan fingerprint density at radius 3 is 1.58 bits per heavy atom. The van der Waals surface area contributed by atoms with E-state index in [9.17, 15) is 9.59 Å². The lowest BCUT2D eigenvalue weighted by molar-refractivity contribution is -0.123. The van der Waals surface area contributed by atoms with Crippen LogP contribution in [0.3, 0.4) is 0 Å². The van der Waals surface area contributed by atoms with Crippen molar-refractivity contribution >= 4 is 23.2 Å². The lowest BCUT2D eigenvalue weighted by Crippen LogP contribution is -2.20. The average Bonchev–Trinajstić information content (AvgIpc) is 3.16. The van der Waals surface area contributed by atoms with E-state index < -0.39 is 0 Å². The van der Waals surface area contributed by atoms with E-state index in [0.717, 1.165) is 37.1 Å². The van der Waals surface area contributed by atoms with Crippen LogP contribution in [0.2, 0.25) is 0 Å². The largest absolute Gasteiger partial charge is 0.273 e. The predicted molar refractivity (Wildman–Crippen MR) is 95.6 cm³/mol. The van der Waals surface area contributed by atoms with E-state index in [4.69, 9.17) is 0 Å². The third-order valence-corrected chi connectivity index (χ3v) is 4.08. The first-order valence-electron chi connectivity index (χ1n) is 8.58. The highest BCUT2D eigenvalue weighted by Crippen LogP contribution is 2.15. The molecule has 0 unspecified atom stereocenters. The maximum atomic E-state index is 11.7. The first kappa shape index (κ1) is 18.1. The molecule has 0 saturated heterocycles. The molecule has 0 fully saturated rings. The van der Waals surface area contributed by atoms with Gasteiger partial charge in [0.25, 0.3) is 0 Å². The van der Waals surface area contributed by atoms with Gasteiger partial charge in [0, 0.05) is 12.8 Å². The van der Waals surface area contributed by atoms with Gasteiger partial charge in [-0.25, -0.2) is 10.9 Å². The highest BCUT2D eigenvalue weighted by atomic mass is 16.2. The minimum Gasteiger partial charge on any atom is -0.273 e. The zero-order valence-electron chi connectivity index (χ0n) is 14.5. The van der Waals surface area contributed by atoms with Crippen LogP contribution in [0.4, 0.5) is 0 Å². The first-order chi connectivity index (χ1) is 11.5. The summed E-state index contributed by atoms with van der Waals surface area (Å²) >= 11 is 0. The van der Waals surface area contributed by atoms with Crippen LogP contribution >= 0.6 is 0 Å². The molecule has 0 radical (unpaired) electrons. The van der Waals surface area contributed by atoms with Gasteiger partial charge in [0.05, 0.1) is 11.4 Å². The Balaban J connectivity index is 1.55. The van der Waals surface area contributed by atoms with Crippen LogP contribution in [-0.2, 0) is 9.59 Å². The van der Waals surface area contributed by atoms with Gasteiger partial charge in [-0.05, 0) is 64.5 Å². The minimum absolute atomic E-state index is 0.104. The Morgan fingerprint density at radius 1 is 0.833 bits per heavy atom. The molecule has 130 valence electrons. The van der Waals surface area contributed by atoms with E-state index in [0.29, 0.717) is 25.7 Å². The summed E-state index contributed by atoms with van der Waals surface area (Å²) in [6, 6.07) is 0. The SMILES string of the molecule is CC1=C/C(=N\NC(=O)CCCCC(=O)N/N=C2\C=C(C)CC2)CC1. The van der Waals surface area contributed by atoms with Gasteiger partial charge in [-0.1, -0.05) is 11.1 Å². The quantitative estimate of drug-likeness (QED) is 0.555. The Bertz CT molecular complexity index is 561. The number of amides is 2. The maximum absolute atomic E-state index is 11.7. The summed E-state index contributed by atoms with van der Waals surface area (Å²) in [6.45, 7) is 4.12. The van der Waals surface area contributed by atoms with E-state index in [2.05, 4.69) is 34.9 Å². The molecule has 0 aromatic heterocycles. The normalized spacial score (nSPS) is 20.2. The summed E-state index contributed by atoms with van der Waals surface area (Å²) in [7, 11) is 0. The van der Waals surface area contributed by atoms with Gasteiger partial charge in [0.2, 0.25) is 11.8 Å². The Kier molecular flexibility index (Phi) is 6.90. The third kappa shape index (κ3) is 6.48. The van der Waals surface area contributed by atoms with Gasteiger partial charge in [-0.2, -0.15) is 10.2 Å². The molecule has 0 atom stereocenters. The number of rotatable bonds is 7. The molecule has 0 bridgehead atoms. The number of nitrogens with one attached hydrogen (secondary N) is 2. The standard InChI is InChI=1S/C18H26N4O2/c1-13-7-9-15(11-13)19-21-17(23)5-3-4-6-18(24)22-20-16-10-8-14(2)12-16/h11-12H,3-10H2,1-2H3,(H,21,23)(H,22,24)/b19-15-,20-16-. The van der Waals surface area contributed by atoms with Gasteiger partial charge in [-0.15, -0.1) is 0 Å². The van der Waals surface area contributed by atoms with Gasteiger partial charge in [0.15, 0.2) is 0 Å². The van der Waals surface area contributed by atoms with Crippen molar-refractivity contribution in [2.75, 3.05) is 0 Å². The fourth-order valence-electron chi connectivity index (χ4n) is 2.64. The summed E-state index contributed by atoms with van der Waals surface area (Å²) in [5.74, 6) is -0.208. The molecule has 6 heteroatoms. The number of carbonyl (C=O) groups excluding carboxylic acids is 2. The second-order valence-corrected chi connectivity index (χ2v) is 6.46. The molecular weight excluding hydrogens is 304 g/mol. The molecule has 6 nitrogen and oxygen atoms in total. The van der Waals surface area contributed by atoms with Crippen molar-refractivity contribution in [3.05, 3.63) is 23.3 Å². The molecular formula is C18H26N4O2. The molecule has 0 saturated carbocycles. The van der Waals surface area contributed by atoms with Gasteiger partial charge >= 0.3 is 0 Å². The summed E-state index contributed by atoms with van der Waals surface area (Å²) in [5.41, 5.74) is 9.59. The third-order valence-electron chi connectivity index (χ3n) is 4.08. The summed E-state index contributed by atoms with van der Waals surface area (Å²) in [6.07, 6.45) is 9.91. The fraction of sp³-hybridized carbons (Fsp3) is 0.556. The molecule has 0 aromatic carbocycles. The molecule has 0 heterocycles. The molecule has 0 spiro atoms. The van der Waals surface area contributed by atoms with Crippen molar-refractivity contribution in [3.8, 4) is 0 Å². The zero-order chi connectivity index (χ0) is 17.4. The Hall–Kier alpha value is -2.24. The zero-order valence-corrected chi connectivity index (χ0v) is 14.5. The van der Waals surface area contributed by atoms with Gasteiger partial charge in [0.1, 0.15) is 0 Å². The lowest BCUT2D eigenvalue weighted by atomic mass is 10.2. The molecule has 2 rings (SSSR count). The van der Waals surface area contributed by atoms with Crippen molar-refractivity contribution in [1.82, 2.24) is 10.9 Å². The second kappa shape index (κ2) is 9.15. The van der Waals surface area contributed by atoms with E-state index in [1.807, 2.05) is 12.2 Å². The van der Waals surface area contributed by atoms with Crippen LogP contribution in [0.15, 0.2) is 33.5 Å². The molecule has 2 amide bonds. The lowest BCUT2D eigenvalue weighted by Gasteiger charge is -2.02. The fourth-order valence-corrected chi connectivity index (χ4v) is 2.64. The van der Waals surface area contributed by atoms with Crippen molar-refractivity contribution in [2.24, 2.45) is 10.2 Å². The van der Waals surface area contributed by atoms with Crippen LogP contribution in [0.5, 0.6) is 0 Å². The highest BCUT2D eigenvalue weighted by molar-refractivity contribution is 5.99. The van der Waals surface area contributed by atoms with Crippen molar-refractivity contribution < 1.29 is 9.59 Å². The van der Waals surface area contributed by atoms with Crippen LogP contribution in [0, 0.1) is 0 Å². The highest BCUT2D eigenvalue weighted by Gasteiger charge is 2.09. The van der Waals surface area contributed by atoms with Crippen molar-refractivity contribution in [3.63, 3.8) is 0 Å². The Morgan fingerprint density at radius 2 is 1.25 bits per heavy atom. The monoisotopic (exact) mass is 330 g/mol. The van der Waals surface area contributed by atoms with Gasteiger partial charge < -0.3 is 0 Å². The summed E-state index contributed by atoms with van der Waals surface area (Å²) < 4.78 is 0.